The fourth-order valence-corrected chi connectivity index (χ4v) is 4.48. The minimum absolute atomic E-state index is 0.00360. The van der Waals surface area contributed by atoms with E-state index in [1.807, 2.05) is 13.8 Å². The van der Waals surface area contributed by atoms with Crippen molar-refractivity contribution in [2.75, 3.05) is 4.72 Å². The van der Waals surface area contributed by atoms with Crippen molar-refractivity contribution < 1.29 is 12.8 Å². The first-order chi connectivity index (χ1) is 10.8. The molecular weight excluding hydrogens is 339 g/mol. The number of hydrogen-bond donors (Lipinski definition) is 1. The van der Waals surface area contributed by atoms with Crippen molar-refractivity contribution in [2.45, 2.75) is 31.7 Å². The van der Waals surface area contributed by atoms with Gasteiger partial charge in [-0.05, 0) is 31.0 Å². The maximum Gasteiger partial charge on any atom is 0.281 e. The molecular formula is C14H15FN4O2S2. The summed E-state index contributed by atoms with van der Waals surface area (Å²) in [5, 5.41) is 4.93. The number of aryl methyl sites for hydroxylation is 1. The standard InChI is InChI=1S/C14H15FN4O2S2/c1-8(2)12-13(19-14(16-12)22-9(3)17-19)23(20,21)18-11-6-4-5-10(15)7-11/h4-8,18H,1-3H3. The molecule has 23 heavy (non-hydrogen) atoms. The molecule has 3 rings (SSSR count). The quantitative estimate of drug-likeness (QED) is 0.781. The second kappa shape index (κ2) is 5.57. The summed E-state index contributed by atoms with van der Waals surface area (Å²) in [6.45, 7) is 5.51. The lowest BCUT2D eigenvalue weighted by Crippen LogP contribution is -2.18. The van der Waals surface area contributed by atoms with Gasteiger partial charge in [-0.1, -0.05) is 31.3 Å². The van der Waals surface area contributed by atoms with Crippen molar-refractivity contribution in [3.05, 3.63) is 40.8 Å². The summed E-state index contributed by atoms with van der Waals surface area (Å²) in [4.78, 5) is 4.90. The zero-order chi connectivity index (χ0) is 16.8. The fraction of sp³-hybridized carbons (Fsp3) is 0.286. The van der Waals surface area contributed by atoms with Crippen LogP contribution < -0.4 is 4.72 Å². The van der Waals surface area contributed by atoms with Crippen LogP contribution in [-0.4, -0.2) is 23.0 Å². The average molecular weight is 354 g/mol. The number of hydrogen-bond acceptors (Lipinski definition) is 5. The normalized spacial score (nSPS) is 12.2. The first-order valence-electron chi connectivity index (χ1n) is 6.92. The molecule has 0 radical (unpaired) electrons. The number of fused-ring (bicyclic) bond motifs is 1. The highest BCUT2D eigenvalue weighted by atomic mass is 32.2. The Bertz CT molecular complexity index is 976. The third-order valence-corrected chi connectivity index (χ3v) is 5.39. The van der Waals surface area contributed by atoms with Gasteiger partial charge in [0.2, 0.25) is 9.99 Å². The van der Waals surface area contributed by atoms with Gasteiger partial charge in [0.15, 0.2) is 0 Å². The molecule has 0 bridgehead atoms. The fourth-order valence-electron chi connectivity index (χ4n) is 2.22. The van der Waals surface area contributed by atoms with Crippen LogP contribution in [-0.2, 0) is 10.0 Å². The summed E-state index contributed by atoms with van der Waals surface area (Å²) >= 11 is 1.32. The summed E-state index contributed by atoms with van der Waals surface area (Å²) in [6.07, 6.45) is 0. The molecule has 0 atom stereocenters. The van der Waals surface area contributed by atoms with Crippen molar-refractivity contribution in [1.29, 1.82) is 0 Å². The zero-order valence-corrected chi connectivity index (χ0v) is 14.4. The van der Waals surface area contributed by atoms with E-state index >= 15 is 0 Å². The van der Waals surface area contributed by atoms with Crippen LogP contribution in [0, 0.1) is 12.7 Å². The lowest BCUT2D eigenvalue weighted by atomic mass is 10.2. The van der Waals surface area contributed by atoms with Crippen LogP contribution >= 0.6 is 11.3 Å². The van der Waals surface area contributed by atoms with E-state index in [0.29, 0.717) is 15.7 Å². The van der Waals surface area contributed by atoms with Gasteiger partial charge in [-0.25, -0.2) is 9.37 Å². The largest absolute Gasteiger partial charge is 0.281 e. The molecule has 0 aliphatic heterocycles. The summed E-state index contributed by atoms with van der Waals surface area (Å²) < 4.78 is 42.6. The van der Waals surface area contributed by atoms with Crippen LogP contribution in [0.15, 0.2) is 29.3 Å². The molecule has 1 aromatic carbocycles. The lowest BCUT2D eigenvalue weighted by Gasteiger charge is -2.10. The predicted octanol–water partition coefficient (Wildman–Crippen LogP) is 3.16. The molecule has 0 aliphatic carbocycles. The minimum atomic E-state index is -3.95. The molecule has 2 heterocycles. The molecule has 0 saturated carbocycles. The first kappa shape index (κ1) is 15.9. The van der Waals surface area contributed by atoms with Gasteiger partial charge in [0, 0.05) is 0 Å². The minimum Gasteiger partial charge on any atom is -0.278 e. The van der Waals surface area contributed by atoms with Gasteiger partial charge < -0.3 is 0 Å². The Morgan fingerprint density at radius 3 is 2.74 bits per heavy atom. The van der Waals surface area contributed by atoms with E-state index in [4.69, 9.17) is 0 Å². The molecule has 3 aromatic rings. The van der Waals surface area contributed by atoms with Crippen molar-refractivity contribution >= 4 is 32.0 Å². The van der Waals surface area contributed by atoms with Crippen molar-refractivity contribution in [3.63, 3.8) is 0 Å². The highest BCUT2D eigenvalue weighted by Crippen LogP contribution is 2.28. The van der Waals surface area contributed by atoms with Crippen LogP contribution in [0.4, 0.5) is 10.1 Å². The summed E-state index contributed by atoms with van der Waals surface area (Å²) in [6, 6.07) is 5.30. The van der Waals surface area contributed by atoms with Gasteiger partial charge >= 0.3 is 0 Å². The number of aromatic nitrogens is 3. The van der Waals surface area contributed by atoms with Gasteiger partial charge in [0.1, 0.15) is 10.8 Å². The number of benzene rings is 1. The van der Waals surface area contributed by atoms with E-state index in [9.17, 15) is 12.8 Å². The Balaban J connectivity index is 2.15. The molecule has 0 spiro atoms. The molecule has 122 valence electrons. The molecule has 1 N–H and O–H groups in total. The highest BCUT2D eigenvalue weighted by Gasteiger charge is 2.29. The third-order valence-electron chi connectivity index (χ3n) is 3.17. The van der Waals surface area contributed by atoms with E-state index in [1.54, 1.807) is 6.92 Å². The molecule has 6 nitrogen and oxygen atoms in total. The SMILES string of the molecule is Cc1nn2c(S(=O)(=O)Nc3cccc(F)c3)c(C(C)C)nc2s1. The molecule has 2 aromatic heterocycles. The number of nitrogens with one attached hydrogen (secondary N) is 1. The summed E-state index contributed by atoms with van der Waals surface area (Å²) in [7, 11) is -3.95. The Kier molecular flexibility index (Phi) is 3.85. The van der Waals surface area contributed by atoms with Crippen molar-refractivity contribution in [2.24, 2.45) is 0 Å². The maximum absolute atomic E-state index is 13.3. The predicted molar refractivity (Wildman–Crippen MR) is 86.9 cm³/mol. The topological polar surface area (TPSA) is 76.4 Å². The van der Waals surface area contributed by atoms with E-state index in [1.165, 1.54) is 34.1 Å². The van der Waals surface area contributed by atoms with Gasteiger partial charge in [-0.15, -0.1) is 0 Å². The smallest absolute Gasteiger partial charge is 0.278 e. The Hall–Kier alpha value is -2.00. The second-order valence-corrected chi connectivity index (χ2v) is 8.15. The molecule has 0 fully saturated rings. The zero-order valence-electron chi connectivity index (χ0n) is 12.7. The number of sulfonamides is 1. The molecule has 0 unspecified atom stereocenters. The van der Waals surface area contributed by atoms with E-state index in [0.717, 1.165) is 6.07 Å². The number of anilines is 1. The van der Waals surface area contributed by atoms with Crippen LogP contribution in [0.1, 0.15) is 30.5 Å². The van der Waals surface area contributed by atoms with Crippen molar-refractivity contribution in [3.8, 4) is 0 Å². The van der Waals surface area contributed by atoms with E-state index < -0.39 is 15.8 Å². The summed E-state index contributed by atoms with van der Waals surface area (Å²) in [5.74, 6) is -0.611. The van der Waals surface area contributed by atoms with E-state index in [2.05, 4.69) is 14.8 Å². The number of imidazole rings is 1. The van der Waals surface area contributed by atoms with Gasteiger partial charge in [0.25, 0.3) is 10.0 Å². The molecule has 9 heteroatoms. The monoisotopic (exact) mass is 354 g/mol. The number of halogens is 1. The molecule has 0 saturated heterocycles. The number of nitrogens with zero attached hydrogens (tertiary/aromatic N) is 3. The average Bonchev–Trinajstić information content (AvgIpc) is 2.93. The highest BCUT2D eigenvalue weighted by molar-refractivity contribution is 7.92. The maximum atomic E-state index is 13.3. The van der Waals surface area contributed by atoms with Crippen molar-refractivity contribution in [1.82, 2.24) is 14.6 Å². The van der Waals surface area contributed by atoms with Gasteiger partial charge in [-0.3, -0.25) is 4.72 Å². The van der Waals surface area contributed by atoms with Gasteiger partial charge in [0.05, 0.1) is 11.4 Å². The first-order valence-corrected chi connectivity index (χ1v) is 9.22. The Morgan fingerprint density at radius 2 is 2.09 bits per heavy atom. The summed E-state index contributed by atoms with van der Waals surface area (Å²) in [5.41, 5.74) is 0.592. The number of rotatable bonds is 4. The molecule has 0 aliphatic rings. The lowest BCUT2D eigenvalue weighted by molar-refractivity contribution is 0.589. The van der Waals surface area contributed by atoms with Crippen LogP contribution in [0.3, 0.4) is 0 Å². The second-order valence-electron chi connectivity index (χ2n) is 5.39. The van der Waals surface area contributed by atoms with Crippen LogP contribution in [0.2, 0.25) is 0 Å². The molecule has 0 amide bonds. The van der Waals surface area contributed by atoms with Crippen LogP contribution in [0.25, 0.3) is 4.96 Å². The Morgan fingerprint density at radius 1 is 1.35 bits per heavy atom. The van der Waals surface area contributed by atoms with Crippen LogP contribution in [0.5, 0.6) is 0 Å². The van der Waals surface area contributed by atoms with E-state index in [-0.39, 0.29) is 16.6 Å². The Labute approximate surface area is 137 Å². The third kappa shape index (κ3) is 2.93. The van der Waals surface area contributed by atoms with Gasteiger partial charge in [-0.2, -0.15) is 18.0 Å².